The van der Waals surface area contributed by atoms with Crippen molar-refractivity contribution in [2.24, 2.45) is 0 Å². The molecule has 0 unspecified atom stereocenters. The number of halogens is 2. The molecule has 0 heterocycles. The number of ether oxygens (including phenoxy) is 1. The Bertz CT molecular complexity index is 348. The van der Waals surface area contributed by atoms with E-state index in [4.69, 9.17) is 4.74 Å². The van der Waals surface area contributed by atoms with Gasteiger partial charge in [0.1, 0.15) is 5.75 Å². The fraction of sp³-hybridized carbons (Fsp3) is 0.300. The Morgan fingerprint density at radius 1 is 1.29 bits per heavy atom. The number of benzene rings is 1. The second kappa shape index (κ2) is 4.94. The van der Waals surface area contributed by atoms with E-state index in [9.17, 15) is 4.79 Å². The molecule has 0 fully saturated rings. The van der Waals surface area contributed by atoms with Crippen LogP contribution in [0.4, 0.5) is 0 Å². The van der Waals surface area contributed by atoms with Crippen LogP contribution in [0, 0.1) is 0 Å². The van der Waals surface area contributed by atoms with Crippen molar-refractivity contribution >= 4 is 38.1 Å². The van der Waals surface area contributed by atoms with Crippen LogP contribution >= 0.6 is 31.9 Å². The third-order valence-electron chi connectivity index (χ3n) is 1.54. The third kappa shape index (κ3) is 2.82. The minimum absolute atomic E-state index is 0.0898. The first-order chi connectivity index (χ1) is 6.54. The maximum atomic E-state index is 10.7. The predicted octanol–water partition coefficient (Wildman–Crippen LogP) is 3.81. The summed E-state index contributed by atoms with van der Waals surface area (Å²) >= 11 is 6.66. The summed E-state index contributed by atoms with van der Waals surface area (Å²) in [7, 11) is 0. The number of aldehydes is 1. The van der Waals surface area contributed by atoms with Gasteiger partial charge in [-0.3, -0.25) is 4.79 Å². The molecule has 76 valence electrons. The summed E-state index contributed by atoms with van der Waals surface area (Å²) in [6, 6.07) is 3.52. The monoisotopic (exact) mass is 320 g/mol. The molecule has 1 aromatic carbocycles. The van der Waals surface area contributed by atoms with Gasteiger partial charge in [0.2, 0.25) is 0 Å². The molecule has 0 spiro atoms. The molecule has 0 aliphatic heterocycles. The van der Waals surface area contributed by atoms with E-state index in [1.807, 2.05) is 13.8 Å². The molecule has 0 saturated heterocycles. The Morgan fingerprint density at radius 2 is 1.93 bits per heavy atom. The molecule has 0 aliphatic rings. The standard InChI is InChI=1S/C10H10Br2O2/c1-6(2)14-10-3-7(5-13)8(11)4-9(10)12/h3-6H,1-2H3. The molecule has 14 heavy (non-hydrogen) atoms. The molecule has 0 amide bonds. The Balaban J connectivity index is 3.10. The summed E-state index contributed by atoms with van der Waals surface area (Å²) in [5, 5.41) is 0. The van der Waals surface area contributed by atoms with E-state index in [1.54, 1.807) is 12.1 Å². The van der Waals surface area contributed by atoms with E-state index in [0.717, 1.165) is 15.2 Å². The first-order valence-corrected chi connectivity index (χ1v) is 5.74. The zero-order chi connectivity index (χ0) is 10.7. The lowest BCUT2D eigenvalue weighted by Gasteiger charge is -2.12. The van der Waals surface area contributed by atoms with Gasteiger partial charge in [-0.1, -0.05) is 15.9 Å². The molecule has 1 rings (SSSR count). The molecule has 0 aliphatic carbocycles. The van der Waals surface area contributed by atoms with Crippen molar-refractivity contribution in [3.8, 4) is 5.75 Å². The largest absolute Gasteiger partial charge is 0.490 e. The fourth-order valence-electron chi connectivity index (χ4n) is 0.979. The fourth-order valence-corrected chi connectivity index (χ4v) is 2.16. The summed E-state index contributed by atoms with van der Waals surface area (Å²) in [5.41, 5.74) is 0.587. The highest BCUT2D eigenvalue weighted by Crippen LogP contribution is 2.31. The van der Waals surface area contributed by atoms with Crippen molar-refractivity contribution in [3.63, 3.8) is 0 Å². The average Bonchev–Trinajstić information content (AvgIpc) is 2.09. The molecule has 0 bridgehead atoms. The van der Waals surface area contributed by atoms with Crippen molar-refractivity contribution in [1.29, 1.82) is 0 Å². The Hall–Kier alpha value is -0.350. The van der Waals surface area contributed by atoms with Crippen molar-refractivity contribution in [1.82, 2.24) is 0 Å². The highest BCUT2D eigenvalue weighted by molar-refractivity contribution is 9.11. The van der Waals surface area contributed by atoms with Gasteiger partial charge in [0, 0.05) is 10.0 Å². The van der Waals surface area contributed by atoms with Gasteiger partial charge in [0.15, 0.2) is 6.29 Å². The quantitative estimate of drug-likeness (QED) is 0.791. The maximum absolute atomic E-state index is 10.7. The van der Waals surface area contributed by atoms with Crippen LogP contribution < -0.4 is 4.74 Å². The number of carbonyl (C=O) groups is 1. The van der Waals surface area contributed by atoms with Crippen LogP contribution in [0.2, 0.25) is 0 Å². The van der Waals surface area contributed by atoms with Crippen molar-refractivity contribution < 1.29 is 9.53 Å². The topological polar surface area (TPSA) is 26.3 Å². The normalized spacial score (nSPS) is 10.4. The highest BCUT2D eigenvalue weighted by Gasteiger charge is 2.08. The van der Waals surface area contributed by atoms with E-state index in [1.165, 1.54) is 0 Å². The zero-order valence-electron chi connectivity index (χ0n) is 7.88. The number of hydrogen-bond acceptors (Lipinski definition) is 2. The molecule has 4 heteroatoms. The lowest BCUT2D eigenvalue weighted by Crippen LogP contribution is -2.06. The van der Waals surface area contributed by atoms with Crippen molar-refractivity contribution in [3.05, 3.63) is 26.6 Å². The van der Waals surface area contributed by atoms with Gasteiger partial charge in [-0.25, -0.2) is 0 Å². The van der Waals surface area contributed by atoms with E-state index in [2.05, 4.69) is 31.9 Å². The van der Waals surface area contributed by atoms with Crippen molar-refractivity contribution in [2.75, 3.05) is 0 Å². The Kier molecular flexibility index (Phi) is 4.13. The molecule has 0 radical (unpaired) electrons. The third-order valence-corrected chi connectivity index (χ3v) is 2.85. The van der Waals surface area contributed by atoms with E-state index >= 15 is 0 Å². The second-order valence-electron chi connectivity index (χ2n) is 3.09. The summed E-state index contributed by atoms with van der Waals surface area (Å²) in [6.07, 6.45) is 0.885. The summed E-state index contributed by atoms with van der Waals surface area (Å²) in [4.78, 5) is 10.7. The molecule has 0 atom stereocenters. The second-order valence-corrected chi connectivity index (χ2v) is 4.80. The maximum Gasteiger partial charge on any atom is 0.151 e. The van der Waals surface area contributed by atoms with E-state index in [0.29, 0.717) is 11.3 Å². The molecular formula is C10H10Br2O2. The SMILES string of the molecule is CC(C)Oc1cc(C=O)c(Br)cc1Br. The van der Waals surface area contributed by atoms with E-state index in [-0.39, 0.29) is 6.10 Å². The van der Waals surface area contributed by atoms with Crippen LogP contribution in [0.15, 0.2) is 21.1 Å². The van der Waals surface area contributed by atoms with Crippen LogP contribution in [0.3, 0.4) is 0 Å². The number of rotatable bonds is 3. The van der Waals surface area contributed by atoms with Crippen LogP contribution in [0.1, 0.15) is 24.2 Å². The minimum Gasteiger partial charge on any atom is -0.490 e. The molecule has 0 aromatic heterocycles. The number of carbonyl (C=O) groups excluding carboxylic acids is 1. The molecule has 0 N–H and O–H groups in total. The van der Waals surface area contributed by atoms with Crippen LogP contribution in [-0.2, 0) is 0 Å². The van der Waals surface area contributed by atoms with E-state index < -0.39 is 0 Å². The molecule has 2 nitrogen and oxygen atoms in total. The first-order valence-electron chi connectivity index (χ1n) is 4.15. The predicted molar refractivity (Wildman–Crippen MR) is 63.0 cm³/mol. The van der Waals surface area contributed by atoms with Gasteiger partial charge < -0.3 is 4.74 Å². The smallest absolute Gasteiger partial charge is 0.151 e. The zero-order valence-corrected chi connectivity index (χ0v) is 11.1. The van der Waals surface area contributed by atoms with Gasteiger partial charge in [-0.2, -0.15) is 0 Å². The summed E-state index contributed by atoms with van der Waals surface area (Å²) in [5.74, 6) is 0.685. The van der Waals surface area contributed by atoms with Gasteiger partial charge in [-0.05, 0) is 41.9 Å². The van der Waals surface area contributed by atoms with Crippen LogP contribution in [0.25, 0.3) is 0 Å². The molecular weight excluding hydrogens is 312 g/mol. The van der Waals surface area contributed by atoms with Crippen LogP contribution in [0.5, 0.6) is 5.75 Å². The Morgan fingerprint density at radius 3 is 2.43 bits per heavy atom. The summed E-state index contributed by atoms with van der Waals surface area (Å²) < 4.78 is 7.11. The lowest BCUT2D eigenvalue weighted by molar-refractivity contribution is 0.112. The van der Waals surface area contributed by atoms with Crippen molar-refractivity contribution in [2.45, 2.75) is 20.0 Å². The van der Waals surface area contributed by atoms with Gasteiger partial charge in [-0.15, -0.1) is 0 Å². The highest BCUT2D eigenvalue weighted by atomic mass is 79.9. The average molecular weight is 322 g/mol. The van der Waals surface area contributed by atoms with Gasteiger partial charge in [0.05, 0.1) is 10.6 Å². The van der Waals surface area contributed by atoms with Crippen LogP contribution in [-0.4, -0.2) is 12.4 Å². The molecule has 1 aromatic rings. The number of hydrogen-bond donors (Lipinski definition) is 0. The van der Waals surface area contributed by atoms with Gasteiger partial charge in [0.25, 0.3) is 0 Å². The first kappa shape index (κ1) is 11.7. The van der Waals surface area contributed by atoms with Gasteiger partial charge >= 0.3 is 0 Å². The lowest BCUT2D eigenvalue weighted by atomic mass is 10.2. The minimum atomic E-state index is 0.0898. The summed E-state index contributed by atoms with van der Waals surface area (Å²) in [6.45, 7) is 3.88. The Labute approximate surface area is 99.9 Å². The molecule has 0 saturated carbocycles.